The Morgan fingerprint density at radius 2 is 2.12 bits per heavy atom. The van der Waals surface area contributed by atoms with Crippen LogP contribution in [-0.2, 0) is 4.74 Å². The molecule has 5 nitrogen and oxygen atoms in total. The third kappa shape index (κ3) is 2.92. The van der Waals surface area contributed by atoms with Crippen molar-refractivity contribution in [1.82, 2.24) is 4.57 Å². The van der Waals surface area contributed by atoms with E-state index < -0.39 is 0 Å². The van der Waals surface area contributed by atoms with Crippen molar-refractivity contribution in [2.24, 2.45) is 0 Å². The lowest BCUT2D eigenvalue weighted by molar-refractivity contribution is 0.0858. The van der Waals surface area contributed by atoms with Gasteiger partial charge in [-0.1, -0.05) is 0 Å². The van der Waals surface area contributed by atoms with Crippen molar-refractivity contribution in [2.45, 2.75) is 32.9 Å². The van der Waals surface area contributed by atoms with Gasteiger partial charge in [0.1, 0.15) is 17.9 Å². The van der Waals surface area contributed by atoms with E-state index in [1.165, 1.54) is 0 Å². The molecule has 1 aromatic heterocycles. The van der Waals surface area contributed by atoms with Gasteiger partial charge < -0.3 is 15.2 Å². The summed E-state index contributed by atoms with van der Waals surface area (Å²) in [6.07, 6.45) is -0.110. The number of nitrogens with two attached hydrogens (primary N) is 1. The quantitative estimate of drug-likeness (QED) is 0.849. The van der Waals surface area contributed by atoms with Gasteiger partial charge in [-0.3, -0.25) is 4.57 Å². The van der Waals surface area contributed by atoms with Gasteiger partial charge in [-0.25, -0.2) is 0 Å². The molecule has 1 aromatic rings. The Morgan fingerprint density at radius 1 is 1.47 bits per heavy atom. The zero-order valence-corrected chi connectivity index (χ0v) is 10.7. The van der Waals surface area contributed by atoms with Crippen molar-refractivity contribution in [1.29, 1.82) is 5.26 Å². The molecule has 94 valence electrons. The topological polar surface area (TPSA) is 73.2 Å². The first-order valence-electron chi connectivity index (χ1n) is 5.57. The van der Waals surface area contributed by atoms with Crippen LogP contribution in [0.3, 0.4) is 0 Å². The molecule has 0 aliphatic carbocycles. The molecule has 2 N–H and O–H groups in total. The minimum atomic E-state index is -0.110. The number of hydrogen-bond donors (Lipinski definition) is 1. The number of ether oxygens (including phenoxy) is 2. The maximum atomic E-state index is 9.04. The van der Waals surface area contributed by atoms with Crippen molar-refractivity contribution in [3.05, 3.63) is 11.8 Å². The van der Waals surface area contributed by atoms with Gasteiger partial charge in [0, 0.05) is 19.2 Å². The van der Waals surface area contributed by atoms with Crippen molar-refractivity contribution in [3.63, 3.8) is 0 Å². The number of rotatable bonds is 5. The van der Waals surface area contributed by atoms with Gasteiger partial charge in [-0.05, 0) is 20.8 Å². The molecule has 0 spiro atoms. The molecular weight excluding hydrogens is 218 g/mol. The minimum Gasteiger partial charge on any atom is -0.472 e. The van der Waals surface area contributed by atoms with E-state index in [4.69, 9.17) is 20.5 Å². The van der Waals surface area contributed by atoms with Crippen molar-refractivity contribution in [3.8, 4) is 11.9 Å². The molecular formula is C12H19N3O2. The van der Waals surface area contributed by atoms with Crippen LogP contribution in [-0.4, -0.2) is 24.4 Å². The molecule has 1 rings (SSSR count). The molecule has 0 saturated heterocycles. The number of anilines is 1. The lowest BCUT2D eigenvalue weighted by Gasteiger charge is -2.19. The number of nitriles is 1. The maximum absolute atomic E-state index is 9.04. The van der Waals surface area contributed by atoms with E-state index in [9.17, 15) is 0 Å². The number of aromatic nitrogens is 1. The highest BCUT2D eigenvalue weighted by Gasteiger charge is 2.18. The fraction of sp³-hybridized carbons (Fsp3) is 0.583. The van der Waals surface area contributed by atoms with Gasteiger partial charge in [0.05, 0.1) is 12.3 Å². The van der Waals surface area contributed by atoms with Crippen LogP contribution >= 0.6 is 0 Å². The number of nitrogens with zero attached hydrogens (tertiary/aromatic N) is 2. The van der Waals surface area contributed by atoms with Crippen LogP contribution in [0.2, 0.25) is 0 Å². The Bertz CT molecular complexity index is 418. The molecule has 0 fully saturated rings. The summed E-state index contributed by atoms with van der Waals surface area (Å²) >= 11 is 0. The number of nitrogen functional groups attached to an aromatic ring is 1. The molecule has 1 heterocycles. The Balaban J connectivity index is 3.06. The van der Waals surface area contributed by atoms with Gasteiger partial charge in [0.2, 0.25) is 5.88 Å². The molecule has 1 atom stereocenters. The predicted molar refractivity (Wildman–Crippen MR) is 65.9 cm³/mol. The van der Waals surface area contributed by atoms with Gasteiger partial charge in [0.25, 0.3) is 0 Å². The van der Waals surface area contributed by atoms with E-state index in [0.29, 0.717) is 23.9 Å². The van der Waals surface area contributed by atoms with Crippen LogP contribution in [0.4, 0.5) is 5.69 Å². The highest BCUT2D eigenvalue weighted by molar-refractivity contribution is 5.55. The SMILES string of the molecule is COC[C@H](C)Oc1c(N)cc(C#N)n1C(C)C. The Hall–Kier alpha value is -1.67. The van der Waals surface area contributed by atoms with Gasteiger partial charge >= 0.3 is 0 Å². The Morgan fingerprint density at radius 3 is 2.59 bits per heavy atom. The average Bonchev–Trinajstić information content (AvgIpc) is 2.56. The summed E-state index contributed by atoms with van der Waals surface area (Å²) in [5.74, 6) is 0.543. The van der Waals surface area contributed by atoms with Crippen LogP contribution in [0, 0.1) is 11.3 Å². The van der Waals surface area contributed by atoms with E-state index in [2.05, 4.69) is 6.07 Å². The summed E-state index contributed by atoms with van der Waals surface area (Å²) in [5.41, 5.74) is 6.86. The maximum Gasteiger partial charge on any atom is 0.219 e. The fourth-order valence-corrected chi connectivity index (χ4v) is 1.71. The molecule has 17 heavy (non-hydrogen) atoms. The molecule has 0 bridgehead atoms. The smallest absolute Gasteiger partial charge is 0.219 e. The zero-order valence-electron chi connectivity index (χ0n) is 10.7. The normalized spacial score (nSPS) is 12.5. The first-order chi connectivity index (χ1) is 8.01. The molecule has 0 aromatic carbocycles. The van der Waals surface area contributed by atoms with Gasteiger partial charge in [0.15, 0.2) is 0 Å². The van der Waals surface area contributed by atoms with Crippen LogP contribution in [0.1, 0.15) is 32.5 Å². The van der Waals surface area contributed by atoms with Crippen molar-refractivity contribution >= 4 is 5.69 Å². The molecule has 0 amide bonds. The van der Waals surface area contributed by atoms with Crippen LogP contribution in [0.15, 0.2) is 6.07 Å². The standard InChI is InChI=1S/C12H19N3O2/c1-8(2)15-10(6-13)5-11(14)12(15)17-9(3)7-16-4/h5,8-9H,7,14H2,1-4H3/t9-/m0/s1. The van der Waals surface area contributed by atoms with E-state index in [1.54, 1.807) is 17.7 Å². The lowest BCUT2D eigenvalue weighted by Crippen LogP contribution is -2.21. The van der Waals surface area contributed by atoms with E-state index in [-0.39, 0.29) is 12.1 Å². The average molecular weight is 237 g/mol. The molecule has 0 saturated carbocycles. The Labute approximate surface area is 102 Å². The number of methoxy groups -OCH3 is 1. The molecule has 0 unspecified atom stereocenters. The largest absolute Gasteiger partial charge is 0.472 e. The van der Waals surface area contributed by atoms with E-state index in [1.807, 2.05) is 20.8 Å². The van der Waals surface area contributed by atoms with Crippen molar-refractivity contribution < 1.29 is 9.47 Å². The predicted octanol–water partition coefficient (Wildman–Crippen LogP) is 1.94. The van der Waals surface area contributed by atoms with Crippen molar-refractivity contribution in [2.75, 3.05) is 19.5 Å². The fourth-order valence-electron chi connectivity index (χ4n) is 1.71. The highest BCUT2D eigenvalue weighted by atomic mass is 16.5. The Kier molecular flexibility index (Phi) is 4.41. The second-order valence-electron chi connectivity index (χ2n) is 4.25. The summed E-state index contributed by atoms with van der Waals surface area (Å²) in [4.78, 5) is 0. The lowest BCUT2D eigenvalue weighted by atomic mass is 10.3. The molecule has 5 heteroatoms. The van der Waals surface area contributed by atoms with E-state index in [0.717, 1.165) is 0 Å². The summed E-state index contributed by atoms with van der Waals surface area (Å²) in [5, 5.41) is 9.04. The molecule has 0 aliphatic heterocycles. The summed E-state index contributed by atoms with van der Waals surface area (Å²) in [6, 6.07) is 3.87. The third-order valence-electron chi connectivity index (χ3n) is 2.36. The number of hydrogen-bond acceptors (Lipinski definition) is 4. The van der Waals surface area contributed by atoms with Gasteiger partial charge in [-0.2, -0.15) is 5.26 Å². The second kappa shape index (κ2) is 5.60. The van der Waals surface area contributed by atoms with Crippen LogP contribution < -0.4 is 10.5 Å². The van der Waals surface area contributed by atoms with Crippen LogP contribution in [0.25, 0.3) is 0 Å². The molecule has 0 aliphatic rings. The first kappa shape index (κ1) is 13.4. The zero-order chi connectivity index (χ0) is 13.0. The third-order valence-corrected chi connectivity index (χ3v) is 2.36. The van der Waals surface area contributed by atoms with E-state index >= 15 is 0 Å². The van der Waals surface area contributed by atoms with Crippen LogP contribution in [0.5, 0.6) is 5.88 Å². The van der Waals surface area contributed by atoms with Gasteiger partial charge in [-0.15, -0.1) is 0 Å². The molecule has 0 radical (unpaired) electrons. The monoisotopic (exact) mass is 237 g/mol. The minimum absolute atomic E-state index is 0.110. The summed E-state index contributed by atoms with van der Waals surface area (Å²) in [6.45, 7) is 6.33. The second-order valence-corrected chi connectivity index (χ2v) is 4.25. The highest BCUT2D eigenvalue weighted by Crippen LogP contribution is 2.30. The first-order valence-corrected chi connectivity index (χ1v) is 5.57. The summed E-state index contributed by atoms with van der Waals surface area (Å²) in [7, 11) is 1.62. The summed E-state index contributed by atoms with van der Waals surface area (Å²) < 4.78 is 12.5.